The van der Waals surface area contributed by atoms with Gasteiger partial charge < -0.3 is 5.11 Å². The minimum absolute atomic E-state index is 0.160. The number of phenolic OH excluding ortho intramolecular Hbond substituents is 1. The van der Waals surface area contributed by atoms with Gasteiger partial charge in [0.1, 0.15) is 11.6 Å². The molecule has 0 radical (unpaired) electrons. The molecule has 55 heavy (non-hydrogen) atoms. The summed E-state index contributed by atoms with van der Waals surface area (Å²) in [6.45, 7) is -7.87. The van der Waals surface area contributed by atoms with Crippen molar-refractivity contribution in [2.24, 2.45) is 0 Å². The number of rotatable bonds is 6. The SMILES string of the molecule is [2H]c1nc(-c2cc(-c3cccc4c3nc(-c3ccccc3O)n4-c3ccc(C(C([2H])([2H])[2H])(C([2H])([2H])[2H])C([2H])([2H])[2H])cc3-c3ccccc3)cc(C(C)(C)C)c2)c([2H])c(-c2c([2H])c([2H])c(C([2H])([2H])[2H])c([2H])c2[2H])c1[2H]. The molecule has 2 heterocycles. The molecule has 0 atom stereocenters. The van der Waals surface area contributed by atoms with Gasteiger partial charge >= 0.3 is 0 Å². The van der Waals surface area contributed by atoms with Crippen LogP contribution >= 0.6 is 0 Å². The molecule has 0 aliphatic rings. The second-order valence-electron chi connectivity index (χ2n) is 14.3. The molecule has 0 saturated heterocycles. The third-order valence-corrected chi connectivity index (χ3v) is 9.44. The van der Waals surface area contributed by atoms with Crippen molar-refractivity contribution in [3.63, 3.8) is 0 Å². The number of imidazole rings is 1. The molecule has 272 valence electrons. The Kier molecular flexibility index (Phi) is 5.01. The number of pyridine rings is 1. The van der Waals surface area contributed by atoms with E-state index in [1.54, 1.807) is 83.4 Å². The third kappa shape index (κ3) is 6.97. The summed E-state index contributed by atoms with van der Waals surface area (Å²) in [5.41, 5.74) is -2.48. The maximum Gasteiger partial charge on any atom is 0.149 e. The lowest BCUT2D eigenvalue weighted by Crippen LogP contribution is -2.12. The smallest absolute Gasteiger partial charge is 0.149 e. The molecule has 4 heteroatoms. The maximum atomic E-state index is 11.5. The van der Waals surface area contributed by atoms with E-state index in [0.717, 1.165) is 0 Å². The first kappa shape index (κ1) is 19.9. The van der Waals surface area contributed by atoms with Gasteiger partial charge in [0.25, 0.3) is 0 Å². The van der Waals surface area contributed by atoms with Gasteiger partial charge in [-0.15, -0.1) is 0 Å². The fourth-order valence-electron chi connectivity index (χ4n) is 6.60. The van der Waals surface area contributed by atoms with Crippen molar-refractivity contribution in [3.05, 3.63) is 168 Å². The highest BCUT2D eigenvalue weighted by Crippen LogP contribution is 2.42. The Bertz CT molecular complexity index is 3470. The Hall–Kier alpha value is -6.26. The first-order valence-corrected chi connectivity index (χ1v) is 17.5. The molecule has 0 fully saturated rings. The van der Waals surface area contributed by atoms with Crippen LogP contribution in [0.3, 0.4) is 0 Å². The number of hydrogen-bond acceptors (Lipinski definition) is 3. The first-order valence-electron chi connectivity index (χ1n) is 27.0. The minimum Gasteiger partial charge on any atom is -0.507 e. The van der Waals surface area contributed by atoms with Gasteiger partial charge in [0.2, 0.25) is 0 Å². The van der Waals surface area contributed by atoms with Crippen molar-refractivity contribution in [1.29, 1.82) is 0 Å². The van der Waals surface area contributed by atoms with Crippen LogP contribution in [-0.2, 0) is 10.8 Å². The summed E-state index contributed by atoms with van der Waals surface area (Å²) in [5.74, 6) is 0.000824. The maximum absolute atomic E-state index is 11.5. The molecule has 0 spiro atoms. The Labute approximate surface area is 351 Å². The Morgan fingerprint density at radius 2 is 1.36 bits per heavy atom. The third-order valence-electron chi connectivity index (χ3n) is 9.44. The van der Waals surface area contributed by atoms with E-state index in [2.05, 4.69) is 4.98 Å². The molecule has 0 aliphatic carbocycles. The molecule has 0 aliphatic heterocycles. The van der Waals surface area contributed by atoms with Gasteiger partial charge in [-0.25, -0.2) is 4.98 Å². The van der Waals surface area contributed by atoms with Gasteiger partial charge in [-0.1, -0.05) is 138 Å². The van der Waals surface area contributed by atoms with Crippen molar-refractivity contribution in [3.8, 4) is 67.5 Å². The van der Waals surface area contributed by atoms with Gasteiger partial charge in [0, 0.05) is 39.3 Å². The number of aromatic nitrogens is 3. The second kappa shape index (κ2) is 13.9. The lowest BCUT2D eigenvalue weighted by Gasteiger charge is -2.23. The summed E-state index contributed by atoms with van der Waals surface area (Å²) in [7, 11) is 0. The van der Waals surface area contributed by atoms with E-state index in [9.17, 15) is 6.48 Å². The molecule has 0 saturated carbocycles. The van der Waals surface area contributed by atoms with E-state index < -0.39 is 103 Å². The van der Waals surface area contributed by atoms with E-state index in [1.807, 2.05) is 26.8 Å². The second-order valence-corrected chi connectivity index (χ2v) is 14.3. The summed E-state index contributed by atoms with van der Waals surface area (Å²) < 4.78 is 164. The zero-order chi connectivity index (χ0) is 54.6. The summed E-state index contributed by atoms with van der Waals surface area (Å²) in [6, 6.07) is 24.8. The molecular formula is C51H47N3O. The number of nitrogens with zero attached hydrogens (tertiary/aromatic N) is 3. The zero-order valence-corrected chi connectivity index (χ0v) is 30.2. The van der Waals surface area contributed by atoms with Crippen molar-refractivity contribution < 1.29 is 31.2 Å². The van der Waals surface area contributed by atoms with Gasteiger partial charge in [0.05, 0.1) is 37.6 Å². The zero-order valence-electron chi connectivity index (χ0n) is 49.2. The lowest BCUT2D eigenvalue weighted by molar-refractivity contribution is 0.477. The van der Waals surface area contributed by atoms with E-state index in [0.29, 0.717) is 39.0 Å². The Morgan fingerprint density at radius 1 is 0.618 bits per heavy atom. The summed E-state index contributed by atoms with van der Waals surface area (Å²) in [6.07, 6.45) is -0.660. The van der Waals surface area contributed by atoms with Crippen LogP contribution in [0.5, 0.6) is 5.75 Å². The van der Waals surface area contributed by atoms with E-state index in [-0.39, 0.29) is 34.0 Å². The van der Waals surface area contributed by atoms with Crippen LogP contribution < -0.4 is 0 Å². The van der Waals surface area contributed by atoms with Crippen molar-refractivity contribution in [2.75, 3.05) is 0 Å². The van der Waals surface area contributed by atoms with Crippen molar-refractivity contribution >= 4 is 11.0 Å². The first-order chi connectivity index (χ1) is 34.2. The predicted octanol–water partition coefficient (Wildman–Crippen LogP) is 13.4. The number of para-hydroxylation sites is 2. The topological polar surface area (TPSA) is 50.9 Å². The van der Waals surface area contributed by atoms with Crippen LogP contribution in [0.1, 0.15) is 84.1 Å². The van der Waals surface area contributed by atoms with Crippen LogP contribution in [0.4, 0.5) is 0 Å². The molecule has 2 aromatic heterocycles. The fraction of sp³-hybridized carbons (Fsp3) is 0.176. The number of aromatic hydroxyl groups is 1. The minimum atomic E-state index is -3.56. The quantitative estimate of drug-likeness (QED) is 0.185. The van der Waals surface area contributed by atoms with Crippen molar-refractivity contribution in [2.45, 2.75) is 59.0 Å². The van der Waals surface area contributed by atoms with Gasteiger partial charge in [-0.05, 0) is 106 Å². The van der Waals surface area contributed by atoms with Crippen LogP contribution in [0.15, 0.2) is 152 Å². The lowest BCUT2D eigenvalue weighted by atomic mass is 9.83. The molecule has 0 bridgehead atoms. The monoisotopic (exact) mass is 736 g/mol. The average Bonchev–Trinajstić information content (AvgIpc) is 3.68. The molecule has 4 nitrogen and oxygen atoms in total. The normalized spacial score (nSPS) is 17.9. The van der Waals surface area contributed by atoms with E-state index in [1.165, 1.54) is 24.3 Å². The summed E-state index contributed by atoms with van der Waals surface area (Å²) >= 11 is 0. The van der Waals surface area contributed by atoms with Crippen molar-refractivity contribution in [1.82, 2.24) is 14.5 Å². The highest BCUT2D eigenvalue weighted by molar-refractivity contribution is 5.97. The van der Waals surface area contributed by atoms with Gasteiger partial charge in [0.15, 0.2) is 0 Å². The number of fused-ring (bicyclic) bond motifs is 1. The van der Waals surface area contributed by atoms with Crippen LogP contribution in [0, 0.1) is 6.85 Å². The van der Waals surface area contributed by atoms with E-state index in [4.69, 9.17) is 29.7 Å². The number of phenols is 1. The van der Waals surface area contributed by atoms with Gasteiger partial charge in [-0.2, -0.15) is 0 Å². The Balaban J connectivity index is 1.45. The van der Waals surface area contributed by atoms with Gasteiger partial charge in [-0.3, -0.25) is 9.55 Å². The van der Waals surface area contributed by atoms with E-state index >= 15 is 0 Å². The highest BCUT2D eigenvalue weighted by Gasteiger charge is 2.25. The number of benzene rings is 6. The molecule has 0 unspecified atom stereocenters. The molecule has 6 aromatic carbocycles. The van der Waals surface area contributed by atoms with Crippen LogP contribution in [-0.4, -0.2) is 19.6 Å². The summed E-state index contributed by atoms with van der Waals surface area (Å²) in [4.78, 5) is 9.54. The number of hydrogen-bond donors (Lipinski definition) is 1. The molecule has 1 N–H and O–H groups in total. The molecular weight excluding hydrogens is 671 g/mol. The highest BCUT2D eigenvalue weighted by atomic mass is 16.3. The summed E-state index contributed by atoms with van der Waals surface area (Å²) in [5, 5.41) is 11.5. The molecule has 0 amide bonds. The van der Waals surface area contributed by atoms with Crippen LogP contribution in [0.2, 0.25) is 0 Å². The van der Waals surface area contributed by atoms with Crippen LogP contribution in [0.25, 0.3) is 72.7 Å². The molecule has 8 aromatic rings. The Morgan fingerprint density at radius 3 is 2.11 bits per heavy atom. The average molecular weight is 737 g/mol. The standard InChI is InChI=1S/C51H47N3O/c1-33-20-22-34(23-21-33)36-26-27-52-44(31-36)38-28-37(29-40(30-38)51(5,6)7)41-17-13-18-46-48(41)53-49(42-16-11-12-19-47(42)55)54(46)45-25-24-39(50(2,3)4)32-43(45)35-14-9-8-10-15-35/h8-32,55H,1-7H3/i1D3,2D3,3D3,4D3,20D,21D,22D,23D,26D,27D,31D. The predicted molar refractivity (Wildman–Crippen MR) is 230 cm³/mol. The molecule has 8 rings (SSSR count). The largest absolute Gasteiger partial charge is 0.507 e. The fourth-order valence-corrected chi connectivity index (χ4v) is 6.60.